The maximum Gasteiger partial charge on any atom is 0.416 e. The zero-order valence-corrected chi connectivity index (χ0v) is 15.7. The number of fused-ring (bicyclic) bond motifs is 1. The van der Waals surface area contributed by atoms with Gasteiger partial charge >= 0.3 is 6.18 Å². The van der Waals surface area contributed by atoms with Gasteiger partial charge in [0.2, 0.25) is 5.89 Å². The van der Waals surface area contributed by atoms with Crippen LogP contribution in [0.5, 0.6) is 0 Å². The number of alkyl halides is 3. The average Bonchev–Trinajstić information content (AvgIpc) is 3.33. The van der Waals surface area contributed by atoms with Crippen LogP contribution in [-0.2, 0) is 10.9 Å². The van der Waals surface area contributed by atoms with Gasteiger partial charge in [-0.25, -0.2) is 4.98 Å². The van der Waals surface area contributed by atoms with Crippen LogP contribution in [-0.4, -0.2) is 42.6 Å². The second-order valence-electron chi connectivity index (χ2n) is 7.14. The van der Waals surface area contributed by atoms with Gasteiger partial charge in [-0.2, -0.15) is 13.2 Å². The molecule has 0 aliphatic carbocycles. The third-order valence-corrected chi connectivity index (χ3v) is 5.07. The lowest BCUT2D eigenvalue weighted by atomic mass is 10.1. The SMILES string of the molecule is COC[C@H]1CCN(C(=O)c2ccc3oc(-c4ccc(C(F)(F)F)cc4)nc3c2)C1. The smallest absolute Gasteiger partial charge is 0.416 e. The number of ether oxygens (including phenoxy) is 1. The van der Waals surface area contributed by atoms with Crippen LogP contribution in [0.1, 0.15) is 22.3 Å². The summed E-state index contributed by atoms with van der Waals surface area (Å²) in [5.74, 6) is 0.468. The van der Waals surface area contributed by atoms with Crippen molar-refractivity contribution < 1.29 is 27.1 Å². The Labute approximate surface area is 165 Å². The number of hydrogen-bond acceptors (Lipinski definition) is 4. The number of halogens is 3. The van der Waals surface area contributed by atoms with Crippen molar-refractivity contribution in [2.45, 2.75) is 12.6 Å². The van der Waals surface area contributed by atoms with E-state index in [4.69, 9.17) is 9.15 Å². The number of aromatic nitrogens is 1. The van der Waals surface area contributed by atoms with Gasteiger partial charge in [0, 0.05) is 37.2 Å². The number of amides is 1. The first-order valence-corrected chi connectivity index (χ1v) is 9.21. The Morgan fingerprint density at radius 2 is 2.00 bits per heavy atom. The molecule has 29 heavy (non-hydrogen) atoms. The maximum atomic E-state index is 12.8. The van der Waals surface area contributed by atoms with Crippen LogP contribution in [0.15, 0.2) is 46.9 Å². The van der Waals surface area contributed by atoms with Crippen molar-refractivity contribution in [3.8, 4) is 11.5 Å². The Balaban J connectivity index is 1.56. The van der Waals surface area contributed by atoms with E-state index in [0.29, 0.717) is 47.8 Å². The van der Waals surface area contributed by atoms with E-state index in [9.17, 15) is 18.0 Å². The van der Waals surface area contributed by atoms with Gasteiger partial charge in [-0.3, -0.25) is 4.79 Å². The molecule has 1 fully saturated rings. The molecule has 0 spiro atoms. The summed E-state index contributed by atoms with van der Waals surface area (Å²) in [7, 11) is 1.65. The second-order valence-corrected chi connectivity index (χ2v) is 7.14. The van der Waals surface area contributed by atoms with E-state index in [0.717, 1.165) is 18.6 Å². The number of benzene rings is 2. The minimum Gasteiger partial charge on any atom is -0.436 e. The van der Waals surface area contributed by atoms with Crippen molar-refractivity contribution in [2.75, 3.05) is 26.8 Å². The monoisotopic (exact) mass is 404 g/mol. The summed E-state index contributed by atoms with van der Waals surface area (Å²) in [6.07, 6.45) is -3.49. The highest BCUT2D eigenvalue weighted by molar-refractivity contribution is 5.97. The number of methoxy groups -OCH3 is 1. The highest BCUT2D eigenvalue weighted by Gasteiger charge is 2.30. The summed E-state index contributed by atoms with van der Waals surface area (Å²) in [6, 6.07) is 9.60. The molecule has 1 amide bonds. The topological polar surface area (TPSA) is 55.6 Å². The molecule has 152 valence electrons. The van der Waals surface area contributed by atoms with E-state index in [1.165, 1.54) is 12.1 Å². The van der Waals surface area contributed by atoms with Crippen molar-refractivity contribution in [2.24, 2.45) is 5.92 Å². The third-order valence-electron chi connectivity index (χ3n) is 5.07. The molecule has 0 radical (unpaired) electrons. The molecule has 0 unspecified atom stereocenters. The molecule has 1 aliphatic rings. The van der Waals surface area contributed by atoms with Gasteiger partial charge in [-0.15, -0.1) is 0 Å². The highest BCUT2D eigenvalue weighted by Crippen LogP contribution is 2.32. The van der Waals surface area contributed by atoms with E-state index in [1.54, 1.807) is 30.2 Å². The molecule has 0 saturated carbocycles. The summed E-state index contributed by atoms with van der Waals surface area (Å²) in [5, 5.41) is 0. The molecule has 8 heteroatoms. The third kappa shape index (κ3) is 3.98. The molecule has 1 saturated heterocycles. The van der Waals surface area contributed by atoms with Crippen LogP contribution in [0.25, 0.3) is 22.6 Å². The second kappa shape index (κ2) is 7.51. The molecular formula is C21H19F3N2O3. The molecule has 1 atom stereocenters. The minimum atomic E-state index is -4.40. The molecule has 0 N–H and O–H groups in total. The standard InChI is InChI=1S/C21H19F3N2O3/c1-28-12-13-8-9-26(11-13)20(27)15-4-7-18-17(10-15)25-19(29-18)14-2-5-16(6-3-14)21(22,23)24/h2-7,10,13H,8-9,11-12H2,1H3/t13-/m0/s1. The molecule has 0 bridgehead atoms. The van der Waals surface area contributed by atoms with Crippen molar-refractivity contribution in [1.29, 1.82) is 0 Å². The van der Waals surface area contributed by atoms with Gasteiger partial charge in [0.15, 0.2) is 5.58 Å². The number of hydrogen-bond donors (Lipinski definition) is 0. The van der Waals surface area contributed by atoms with Crippen LogP contribution in [0.2, 0.25) is 0 Å². The number of carbonyl (C=O) groups excluding carboxylic acids is 1. The fourth-order valence-corrected chi connectivity index (χ4v) is 3.56. The van der Waals surface area contributed by atoms with Crippen molar-refractivity contribution in [3.05, 3.63) is 53.6 Å². The van der Waals surface area contributed by atoms with Crippen molar-refractivity contribution >= 4 is 17.0 Å². The van der Waals surface area contributed by atoms with Crippen molar-refractivity contribution in [1.82, 2.24) is 9.88 Å². The fourth-order valence-electron chi connectivity index (χ4n) is 3.56. The van der Waals surface area contributed by atoms with E-state index in [2.05, 4.69) is 4.98 Å². The first kappa shape index (κ1) is 19.4. The van der Waals surface area contributed by atoms with E-state index < -0.39 is 11.7 Å². The molecular weight excluding hydrogens is 385 g/mol. The first-order chi connectivity index (χ1) is 13.8. The quantitative estimate of drug-likeness (QED) is 0.637. The fraction of sp³-hybridized carbons (Fsp3) is 0.333. The Kier molecular flexibility index (Phi) is 5.04. The van der Waals surface area contributed by atoms with Crippen LogP contribution >= 0.6 is 0 Å². The largest absolute Gasteiger partial charge is 0.436 e. The molecule has 2 aromatic carbocycles. The summed E-state index contributed by atoms with van der Waals surface area (Å²) in [5.41, 5.74) is 1.16. The number of nitrogens with zero attached hydrogens (tertiary/aromatic N) is 2. The minimum absolute atomic E-state index is 0.0791. The molecule has 2 heterocycles. The normalized spacial score (nSPS) is 17.2. The zero-order valence-electron chi connectivity index (χ0n) is 15.7. The van der Waals surface area contributed by atoms with E-state index in [-0.39, 0.29) is 11.8 Å². The summed E-state index contributed by atoms with van der Waals surface area (Å²) >= 11 is 0. The van der Waals surface area contributed by atoms with Crippen LogP contribution in [0.3, 0.4) is 0 Å². The summed E-state index contributed by atoms with van der Waals surface area (Å²) in [4.78, 5) is 18.9. The molecule has 4 rings (SSSR count). The molecule has 5 nitrogen and oxygen atoms in total. The Bertz CT molecular complexity index is 1030. The Hall–Kier alpha value is -2.87. The predicted molar refractivity (Wildman–Crippen MR) is 100 cm³/mol. The lowest BCUT2D eigenvalue weighted by Crippen LogP contribution is -2.29. The average molecular weight is 404 g/mol. The molecule has 1 aromatic heterocycles. The number of likely N-dealkylation sites (tertiary alicyclic amines) is 1. The van der Waals surface area contributed by atoms with Gasteiger partial charge in [0.25, 0.3) is 5.91 Å². The highest BCUT2D eigenvalue weighted by atomic mass is 19.4. The van der Waals surface area contributed by atoms with Gasteiger partial charge in [-0.05, 0) is 48.9 Å². The number of rotatable bonds is 4. The maximum absolute atomic E-state index is 12.8. The summed E-state index contributed by atoms with van der Waals surface area (Å²) < 4.78 is 49.0. The van der Waals surface area contributed by atoms with Gasteiger partial charge in [0.1, 0.15) is 5.52 Å². The Morgan fingerprint density at radius 3 is 2.69 bits per heavy atom. The van der Waals surface area contributed by atoms with Gasteiger partial charge < -0.3 is 14.1 Å². The summed E-state index contributed by atoms with van der Waals surface area (Å²) in [6.45, 7) is 1.96. The number of oxazole rings is 1. The van der Waals surface area contributed by atoms with E-state index in [1.807, 2.05) is 0 Å². The van der Waals surface area contributed by atoms with Crippen LogP contribution in [0.4, 0.5) is 13.2 Å². The predicted octanol–water partition coefficient (Wildman–Crippen LogP) is 4.62. The number of carbonyl (C=O) groups is 1. The lowest BCUT2D eigenvalue weighted by Gasteiger charge is -2.16. The Morgan fingerprint density at radius 1 is 1.24 bits per heavy atom. The van der Waals surface area contributed by atoms with Gasteiger partial charge in [0.05, 0.1) is 12.2 Å². The van der Waals surface area contributed by atoms with Crippen molar-refractivity contribution in [3.63, 3.8) is 0 Å². The first-order valence-electron chi connectivity index (χ1n) is 9.21. The van der Waals surface area contributed by atoms with Crippen LogP contribution in [0, 0.1) is 5.92 Å². The van der Waals surface area contributed by atoms with Crippen LogP contribution < -0.4 is 0 Å². The van der Waals surface area contributed by atoms with Gasteiger partial charge in [-0.1, -0.05) is 0 Å². The zero-order chi connectivity index (χ0) is 20.6. The molecule has 1 aliphatic heterocycles. The lowest BCUT2D eigenvalue weighted by molar-refractivity contribution is -0.137. The molecule has 3 aromatic rings. The van der Waals surface area contributed by atoms with E-state index >= 15 is 0 Å².